The average molecular weight is 696 g/mol. The molecule has 41 heavy (non-hydrogen) atoms. The van der Waals surface area contributed by atoms with Crippen LogP contribution in [0.15, 0.2) is 49.6 Å². The molecule has 4 aromatic rings. The molecule has 0 heterocycles. The van der Waals surface area contributed by atoms with Gasteiger partial charge in [0.1, 0.15) is 0 Å². The number of rotatable bonds is 2. The zero-order valence-corrected chi connectivity index (χ0v) is 29.1. The Morgan fingerprint density at radius 1 is 0.537 bits per heavy atom. The molecule has 4 aromatic carbocycles. The van der Waals surface area contributed by atoms with Gasteiger partial charge in [-0.25, -0.2) is 0 Å². The molecule has 215 valence electrons. The number of benzene rings is 4. The molecule has 0 aromatic heterocycles. The molecular weight excluding hydrogens is 657 g/mol. The number of nitrogens with zero attached hydrogens (tertiary/aromatic N) is 1. The number of nitrogen functional groups attached to an aromatic ring is 4. The van der Waals surface area contributed by atoms with Gasteiger partial charge in [-0.1, -0.05) is 12.1 Å². The molecule has 0 amide bonds. The van der Waals surface area contributed by atoms with Crippen LogP contribution in [0.25, 0.3) is 22.3 Å². The first-order valence-electron chi connectivity index (χ1n) is 13.0. The summed E-state index contributed by atoms with van der Waals surface area (Å²) in [6, 6.07) is 12.1. The van der Waals surface area contributed by atoms with Gasteiger partial charge in [0.25, 0.3) is 0 Å². The summed E-state index contributed by atoms with van der Waals surface area (Å²) in [5.74, 6) is 0. The molecule has 4 rings (SSSR count). The molecule has 0 saturated carbocycles. The van der Waals surface area contributed by atoms with Crippen molar-refractivity contribution in [3.63, 3.8) is 0 Å². The minimum absolute atomic E-state index is 0.736. The number of anilines is 4. The predicted octanol–water partition coefficient (Wildman–Crippen LogP) is 9.21. The zero-order chi connectivity index (χ0) is 31.3. The van der Waals surface area contributed by atoms with Crippen LogP contribution < -0.4 is 22.9 Å². The Morgan fingerprint density at radius 2 is 0.805 bits per heavy atom. The molecule has 5 nitrogen and oxygen atoms in total. The van der Waals surface area contributed by atoms with Gasteiger partial charge in [0.05, 0.1) is 11.4 Å². The Balaban J connectivity index is 0.000000263. The minimum atomic E-state index is 0.736. The third kappa shape index (κ3) is 7.37. The second kappa shape index (κ2) is 14.4. The topological polar surface area (TPSA) is 116 Å². The van der Waals surface area contributed by atoms with Crippen molar-refractivity contribution in [2.75, 3.05) is 22.9 Å². The van der Waals surface area contributed by atoms with Gasteiger partial charge >= 0.3 is 24.8 Å². The molecule has 8 N–H and O–H groups in total. The van der Waals surface area contributed by atoms with E-state index in [0.717, 1.165) is 65.1 Å². The summed E-state index contributed by atoms with van der Waals surface area (Å²) >= 11 is 10.3. The van der Waals surface area contributed by atoms with Gasteiger partial charge in [-0.05, 0) is 156 Å². The zero-order valence-electron chi connectivity index (χ0n) is 25.0. The Bertz CT molecular complexity index is 1450. The van der Waals surface area contributed by atoms with E-state index in [-0.39, 0.29) is 0 Å². The summed E-state index contributed by atoms with van der Waals surface area (Å²) in [6.45, 7) is 16.7. The molecule has 0 fully saturated rings. The summed E-state index contributed by atoms with van der Waals surface area (Å²) in [6.07, 6.45) is 0. The normalized spacial score (nSPS) is 10.3. The van der Waals surface area contributed by atoms with E-state index in [1.54, 1.807) is 0 Å². The number of nitrogens with two attached hydrogens (primary N) is 4. The fourth-order valence-electron chi connectivity index (χ4n) is 4.77. The van der Waals surface area contributed by atoms with Crippen molar-refractivity contribution >= 4 is 75.1 Å². The molecule has 1 radical (unpaired) electrons. The molecule has 0 aliphatic rings. The standard InChI is InChI=1S/C16H18Br2N2.C16H20N2.BHNS/c1-7-5-11(17)15(19)13(9(7)3)14-10(4)8(2)6-12(18)16(14)20;1-9-5-7-13(17)15(11(9)3)16-12(4)10(2)6-8-14(16)18;1-2-3/h5-6H,19-20H2,1-4H3;5-8H,17-18H2,1-4H3;3H. The van der Waals surface area contributed by atoms with Crippen molar-refractivity contribution in [1.82, 2.24) is 0 Å². The van der Waals surface area contributed by atoms with Gasteiger partial charge in [-0.15, -0.1) is 0 Å². The number of hydrogen-bond acceptors (Lipinski definition) is 6. The van der Waals surface area contributed by atoms with Crippen molar-refractivity contribution in [3.8, 4) is 22.3 Å². The second-order valence-corrected chi connectivity index (χ2v) is 12.2. The third-order valence-corrected chi connectivity index (χ3v) is 9.02. The number of aryl methyl sites for hydroxylation is 4. The quantitative estimate of drug-likeness (QED) is 0.0817. The fourth-order valence-corrected chi connectivity index (χ4v) is 5.85. The number of halogens is 2. The molecule has 0 saturated heterocycles. The first kappa shape index (κ1) is 34.5. The van der Waals surface area contributed by atoms with Crippen molar-refractivity contribution < 1.29 is 0 Å². The van der Waals surface area contributed by atoms with E-state index in [4.69, 9.17) is 22.9 Å². The van der Waals surface area contributed by atoms with E-state index >= 15 is 0 Å². The first-order valence-corrected chi connectivity index (χ1v) is 15.0. The van der Waals surface area contributed by atoms with Crippen molar-refractivity contribution in [3.05, 3.63) is 89.9 Å². The second-order valence-electron chi connectivity index (χ2n) is 10.2. The van der Waals surface area contributed by atoms with Crippen LogP contribution in [0.2, 0.25) is 0 Å². The monoisotopic (exact) mass is 694 g/mol. The van der Waals surface area contributed by atoms with Crippen LogP contribution >= 0.6 is 44.7 Å². The van der Waals surface area contributed by atoms with Gasteiger partial charge in [-0.2, -0.15) is 0 Å². The molecule has 0 unspecified atom stereocenters. The molecular formula is C32H39BBr2N5S. The summed E-state index contributed by atoms with van der Waals surface area (Å²) in [5.41, 5.74) is 41.8. The van der Waals surface area contributed by atoms with Gasteiger partial charge in [0.15, 0.2) is 0 Å². The van der Waals surface area contributed by atoms with Crippen molar-refractivity contribution in [2.45, 2.75) is 55.4 Å². The Morgan fingerprint density at radius 3 is 1.10 bits per heavy atom. The van der Waals surface area contributed by atoms with E-state index in [0.29, 0.717) is 0 Å². The van der Waals surface area contributed by atoms with Crippen molar-refractivity contribution in [2.24, 2.45) is 4.30 Å². The van der Waals surface area contributed by atoms with E-state index in [1.165, 1.54) is 33.4 Å². The van der Waals surface area contributed by atoms with Gasteiger partial charge in [0.2, 0.25) is 0 Å². The van der Waals surface area contributed by atoms with Crippen LogP contribution in [0.1, 0.15) is 44.5 Å². The van der Waals surface area contributed by atoms with E-state index in [1.807, 2.05) is 24.3 Å². The molecule has 0 atom stereocenters. The van der Waals surface area contributed by atoms with E-state index in [2.05, 4.69) is 124 Å². The van der Waals surface area contributed by atoms with Crippen LogP contribution in [0.4, 0.5) is 22.7 Å². The molecule has 0 bridgehead atoms. The van der Waals surface area contributed by atoms with Crippen LogP contribution in [0, 0.1) is 55.4 Å². The third-order valence-electron chi connectivity index (χ3n) is 7.71. The summed E-state index contributed by atoms with van der Waals surface area (Å²) in [5, 5.41) is 0. The molecule has 0 aliphatic heterocycles. The van der Waals surface area contributed by atoms with E-state index in [9.17, 15) is 0 Å². The Hall–Kier alpha value is -2.75. The molecule has 0 spiro atoms. The first-order chi connectivity index (χ1) is 19.1. The average Bonchev–Trinajstić information content (AvgIpc) is 2.91. The van der Waals surface area contributed by atoms with Crippen LogP contribution in [0.5, 0.6) is 0 Å². The van der Waals surface area contributed by atoms with Crippen LogP contribution in [-0.4, -0.2) is 7.64 Å². The van der Waals surface area contributed by atoms with Gasteiger partial charge < -0.3 is 22.9 Å². The summed E-state index contributed by atoms with van der Waals surface area (Å²) in [4.78, 5) is 0. The van der Waals surface area contributed by atoms with Crippen LogP contribution in [0.3, 0.4) is 0 Å². The molecule has 9 heteroatoms. The fraction of sp³-hybridized carbons (Fsp3) is 0.250. The number of thiol groups is 1. The summed E-state index contributed by atoms with van der Waals surface area (Å²) in [7, 11) is 4.34. The van der Waals surface area contributed by atoms with Crippen molar-refractivity contribution in [1.29, 1.82) is 0 Å². The number of hydrogen-bond donors (Lipinski definition) is 5. The van der Waals surface area contributed by atoms with E-state index < -0.39 is 0 Å². The van der Waals surface area contributed by atoms with Gasteiger partial charge in [0, 0.05) is 42.6 Å². The predicted molar refractivity (Wildman–Crippen MR) is 192 cm³/mol. The maximum absolute atomic E-state index is 6.30. The SMILES string of the molecule is Cc1cc(Br)c(N)c(-c2c(C)c(C)cc(Br)c2N)c1C.Cc1ccc(N)c(-c2c(N)ccc(C)c2C)c1C.[B]=NS. The maximum atomic E-state index is 6.30. The van der Waals surface area contributed by atoms with Crippen LogP contribution in [-0.2, 0) is 0 Å². The Labute approximate surface area is 268 Å². The van der Waals surface area contributed by atoms with Gasteiger partial charge in [-0.3, -0.25) is 0 Å². The Kier molecular flexibility index (Phi) is 12.1. The molecule has 0 aliphatic carbocycles. The summed E-state index contributed by atoms with van der Waals surface area (Å²) < 4.78 is 4.51.